The number of carbonyl (C=O) groups excluding carboxylic acids is 2. The zero-order valence-corrected chi connectivity index (χ0v) is 15.4. The first-order chi connectivity index (χ1) is 11.9. The van der Waals surface area contributed by atoms with Crippen LogP contribution in [-0.2, 0) is 15.0 Å². The van der Waals surface area contributed by atoms with Crippen LogP contribution in [0.1, 0.15) is 58.4 Å². The lowest BCUT2D eigenvalue weighted by Crippen LogP contribution is -2.40. The molecule has 2 aliphatic rings. The van der Waals surface area contributed by atoms with E-state index < -0.39 is 0 Å². The van der Waals surface area contributed by atoms with Crippen LogP contribution in [0.3, 0.4) is 0 Å². The van der Waals surface area contributed by atoms with Crippen LogP contribution in [0.15, 0.2) is 18.2 Å². The Kier molecular flexibility index (Phi) is 5.02. The quantitative estimate of drug-likeness (QED) is 0.826. The normalized spacial score (nSPS) is 17.1. The number of carbonyl (C=O) groups is 2. The molecule has 1 saturated carbocycles. The van der Waals surface area contributed by atoms with Crippen molar-refractivity contribution in [2.24, 2.45) is 0 Å². The Balaban J connectivity index is 1.70. The maximum absolute atomic E-state index is 12.4. The van der Waals surface area contributed by atoms with Crippen molar-refractivity contribution in [3.05, 3.63) is 23.8 Å². The van der Waals surface area contributed by atoms with E-state index in [-0.39, 0.29) is 23.8 Å². The summed E-state index contributed by atoms with van der Waals surface area (Å²) in [4.78, 5) is 26.0. The number of nitrogens with one attached hydrogen (secondary N) is 1. The van der Waals surface area contributed by atoms with E-state index in [0.717, 1.165) is 30.7 Å². The van der Waals surface area contributed by atoms with E-state index in [4.69, 9.17) is 4.74 Å². The highest BCUT2D eigenvalue weighted by atomic mass is 16.5. The van der Waals surface area contributed by atoms with Crippen molar-refractivity contribution in [1.29, 1.82) is 0 Å². The number of amides is 2. The molecule has 1 aliphatic heterocycles. The second-order valence-electron chi connectivity index (χ2n) is 7.70. The SMILES string of the molecule is CCC(C)(C)c1ccc2c(c1)N(CCCC(=O)NC1CC1)C(=O)CO2. The lowest BCUT2D eigenvalue weighted by molar-refractivity contribution is -0.123. The third-order valence-electron chi connectivity index (χ3n) is 5.30. The molecule has 1 aliphatic carbocycles. The van der Waals surface area contributed by atoms with Gasteiger partial charge in [0.1, 0.15) is 5.75 Å². The highest BCUT2D eigenvalue weighted by molar-refractivity contribution is 5.98. The molecule has 0 bridgehead atoms. The Hall–Kier alpha value is -2.04. The Morgan fingerprint density at radius 3 is 2.80 bits per heavy atom. The van der Waals surface area contributed by atoms with Crippen molar-refractivity contribution in [1.82, 2.24) is 5.32 Å². The number of benzene rings is 1. The first-order valence-corrected chi connectivity index (χ1v) is 9.28. The lowest BCUT2D eigenvalue weighted by atomic mass is 9.82. The van der Waals surface area contributed by atoms with Gasteiger partial charge in [-0.25, -0.2) is 0 Å². The summed E-state index contributed by atoms with van der Waals surface area (Å²) < 4.78 is 5.59. The van der Waals surface area contributed by atoms with Crippen LogP contribution in [0.4, 0.5) is 5.69 Å². The van der Waals surface area contributed by atoms with E-state index in [2.05, 4.69) is 38.2 Å². The molecule has 5 nitrogen and oxygen atoms in total. The third-order valence-corrected chi connectivity index (χ3v) is 5.30. The average molecular weight is 344 g/mol. The number of hydrogen-bond donors (Lipinski definition) is 1. The van der Waals surface area contributed by atoms with Gasteiger partial charge in [-0.1, -0.05) is 26.8 Å². The molecular weight excluding hydrogens is 316 g/mol. The molecule has 0 unspecified atom stereocenters. The fourth-order valence-electron chi connectivity index (χ4n) is 3.00. The zero-order chi connectivity index (χ0) is 18.0. The fourth-order valence-corrected chi connectivity index (χ4v) is 3.00. The van der Waals surface area contributed by atoms with E-state index >= 15 is 0 Å². The van der Waals surface area contributed by atoms with Crippen molar-refractivity contribution in [2.45, 2.75) is 64.3 Å². The summed E-state index contributed by atoms with van der Waals surface area (Å²) in [5.41, 5.74) is 2.08. The first kappa shape index (κ1) is 17.8. The van der Waals surface area contributed by atoms with Crippen molar-refractivity contribution >= 4 is 17.5 Å². The van der Waals surface area contributed by atoms with E-state index in [1.807, 2.05) is 6.07 Å². The van der Waals surface area contributed by atoms with Crippen LogP contribution in [-0.4, -0.2) is 31.0 Å². The van der Waals surface area contributed by atoms with Gasteiger partial charge in [0.2, 0.25) is 5.91 Å². The molecule has 3 rings (SSSR count). The van der Waals surface area contributed by atoms with Crippen molar-refractivity contribution in [3.8, 4) is 5.75 Å². The average Bonchev–Trinajstić information content (AvgIpc) is 3.40. The fraction of sp³-hybridized carbons (Fsp3) is 0.600. The standard InChI is InChI=1S/C20H28N2O3/c1-4-20(2,3)14-7-10-17-16(12-14)22(19(24)13-25-17)11-5-6-18(23)21-15-8-9-15/h7,10,12,15H,4-6,8-9,11,13H2,1-3H3,(H,21,23). The van der Waals surface area contributed by atoms with E-state index in [1.54, 1.807) is 4.90 Å². The van der Waals surface area contributed by atoms with Gasteiger partial charge in [-0.3, -0.25) is 9.59 Å². The predicted octanol–water partition coefficient (Wildman–Crippen LogP) is 3.16. The van der Waals surface area contributed by atoms with Crippen LogP contribution in [0, 0.1) is 0 Å². The van der Waals surface area contributed by atoms with Gasteiger partial charge in [0.15, 0.2) is 6.61 Å². The minimum Gasteiger partial charge on any atom is -0.482 e. The summed E-state index contributed by atoms with van der Waals surface area (Å²) in [6, 6.07) is 6.50. The zero-order valence-electron chi connectivity index (χ0n) is 15.4. The molecule has 1 aromatic rings. The minimum atomic E-state index is -0.0402. The second kappa shape index (κ2) is 7.06. The van der Waals surface area contributed by atoms with Crippen molar-refractivity contribution in [3.63, 3.8) is 0 Å². The number of nitrogens with zero attached hydrogens (tertiary/aromatic N) is 1. The van der Waals surface area contributed by atoms with Gasteiger partial charge >= 0.3 is 0 Å². The lowest BCUT2D eigenvalue weighted by Gasteiger charge is -2.32. The number of ether oxygens (including phenoxy) is 1. The molecular formula is C20H28N2O3. The molecule has 25 heavy (non-hydrogen) atoms. The maximum Gasteiger partial charge on any atom is 0.265 e. The number of hydrogen-bond acceptors (Lipinski definition) is 3. The molecule has 0 spiro atoms. The van der Waals surface area contributed by atoms with Crippen LogP contribution in [0.2, 0.25) is 0 Å². The Morgan fingerprint density at radius 1 is 1.36 bits per heavy atom. The number of anilines is 1. The molecule has 136 valence electrons. The minimum absolute atomic E-state index is 0.0402. The third kappa shape index (κ3) is 4.14. The Labute approximate surface area is 149 Å². The van der Waals surface area contributed by atoms with E-state index in [0.29, 0.717) is 25.4 Å². The highest BCUT2D eigenvalue weighted by Crippen LogP contribution is 2.37. The Bertz CT molecular complexity index is 665. The summed E-state index contributed by atoms with van der Waals surface area (Å²) in [6.07, 6.45) is 4.32. The molecule has 0 saturated heterocycles. The van der Waals surface area contributed by atoms with Gasteiger partial charge in [0.05, 0.1) is 5.69 Å². The van der Waals surface area contributed by atoms with Crippen LogP contribution < -0.4 is 15.0 Å². The van der Waals surface area contributed by atoms with Gasteiger partial charge in [0, 0.05) is 19.0 Å². The topological polar surface area (TPSA) is 58.6 Å². The number of rotatable bonds is 7. The molecule has 1 N–H and O–H groups in total. The molecule has 1 aromatic carbocycles. The summed E-state index contributed by atoms with van der Waals surface area (Å²) >= 11 is 0. The van der Waals surface area contributed by atoms with Crippen molar-refractivity contribution in [2.75, 3.05) is 18.1 Å². The summed E-state index contributed by atoms with van der Waals surface area (Å²) in [5.74, 6) is 0.795. The van der Waals surface area contributed by atoms with Gasteiger partial charge < -0.3 is 15.0 Å². The second-order valence-corrected chi connectivity index (χ2v) is 7.70. The molecule has 0 aromatic heterocycles. The van der Waals surface area contributed by atoms with Gasteiger partial charge in [-0.2, -0.15) is 0 Å². The molecule has 2 amide bonds. The van der Waals surface area contributed by atoms with Gasteiger partial charge in [-0.05, 0) is 48.8 Å². The van der Waals surface area contributed by atoms with Crippen LogP contribution >= 0.6 is 0 Å². The van der Waals surface area contributed by atoms with E-state index in [1.165, 1.54) is 5.56 Å². The summed E-state index contributed by atoms with van der Waals surface area (Å²) in [6.45, 7) is 7.18. The maximum atomic E-state index is 12.4. The van der Waals surface area contributed by atoms with E-state index in [9.17, 15) is 9.59 Å². The van der Waals surface area contributed by atoms with Gasteiger partial charge in [0.25, 0.3) is 5.91 Å². The molecule has 0 radical (unpaired) electrons. The van der Waals surface area contributed by atoms with Crippen LogP contribution in [0.25, 0.3) is 0 Å². The first-order valence-electron chi connectivity index (χ1n) is 9.28. The molecule has 1 fully saturated rings. The largest absolute Gasteiger partial charge is 0.482 e. The van der Waals surface area contributed by atoms with Crippen LogP contribution in [0.5, 0.6) is 5.75 Å². The number of fused-ring (bicyclic) bond motifs is 1. The summed E-state index contributed by atoms with van der Waals surface area (Å²) in [5, 5.41) is 2.99. The predicted molar refractivity (Wildman–Crippen MR) is 98.0 cm³/mol. The Morgan fingerprint density at radius 2 is 2.12 bits per heavy atom. The molecule has 5 heteroatoms. The monoisotopic (exact) mass is 344 g/mol. The highest BCUT2D eigenvalue weighted by Gasteiger charge is 2.28. The molecule has 1 heterocycles. The van der Waals surface area contributed by atoms with Gasteiger partial charge in [-0.15, -0.1) is 0 Å². The van der Waals surface area contributed by atoms with Crippen molar-refractivity contribution < 1.29 is 14.3 Å². The smallest absolute Gasteiger partial charge is 0.265 e. The summed E-state index contributed by atoms with van der Waals surface area (Å²) in [7, 11) is 0. The molecule has 0 atom stereocenters.